The SMILES string of the molecule is C#CC1[C@H](c2cnc3ccccc3c2)c2c(N)ncnc2N1C12CCC(NC(=O)c3cnc(CN(C)C)cn3)(CC1)C2. The number of hydrogen-bond acceptors (Lipinski definition) is 9. The molecule has 2 atom stereocenters. The van der Waals surface area contributed by atoms with E-state index in [0.717, 1.165) is 65.6 Å². The molecule has 4 heterocycles. The molecular weight excluding hydrogens is 526 g/mol. The molecule has 0 radical (unpaired) electrons. The van der Waals surface area contributed by atoms with E-state index in [4.69, 9.17) is 22.1 Å². The molecule has 2 bridgehead atoms. The number of carbonyl (C=O) groups is 1. The molecule has 7 rings (SSSR count). The minimum atomic E-state index is -0.346. The van der Waals surface area contributed by atoms with Gasteiger partial charge in [-0.2, -0.15) is 0 Å². The van der Waals surface area contributed by atoms with Crippen molar-refractivity contribution in [1.29, 1.82) is 0 Å². The zero-order valence-corrected chi connectivity index (χ0v) is 23.8. The molecule has 1 unspecified atom stereocenters. The summed E-state index contributed by atoms with van der Waals surface area (Å²) in [6.07, 6.45) is 17.2. The number of terminal acetylenes is 1. The van der Waals surface area contributed by atoms with Crippen LogP contribution < -0.4 is 16.0 Å². The van der Waals surface area contributed by atoms with E-state index < -0.39 is 0 Å². The number of anilines is 2. The number of fused-ring (bicyclic) bond motifs is 4. The van der Waals surface area contributed by atoms with Gasteiger partial charge in [-0.1, -0.05) is 24.1 Å². The van der Waals surface area contributed by atoms with Crippen LogP contribution in [0.3, 0.4) is 0 Å². The smallest absolute Gasteiger partial charge is 0.271 e. The van der Waals surface area contributed by atoms with Gasteiger partial charge in [0, 0.05) is 40.7 Å². The molecule has 4 aromatic rings. The Kier molecular flexibility index (Phi) is 6.10. The molecule has 3 N–H and O–H groups in total. The van der Waals surface area contributed by atoms with Gasteiger partial charge in [-0.15, -0.1) is 6.42 Å². The van der Waals surface area contributed by atoms with Crippen molar-refractivity contribution in [3.05, 3.63) is 77.8 Å². The number of benzene rings is 1. The Balaban J connectivity index is 1.20. The summed E-state index contributed by atoms with van der Waals surface area (Å²) in [5, 5.41) is 4.38. The lowest BCUT2D eigenvalue weighted by molar-refractivity contribution is 0.0895. The van der Waals surface area contributed by atoms with Gasteiger partial charge in [0.15, 0.2) is 0 Å². The van der Waals surface area contributed by atoms with E-state index in [9.17, 15) is 4.79 Å². The number of para-hydroxylation sites is 1. The van der Waals surface area contributed by atoms with Crippen molar-refractivity contribution in [2.75, 3.05) is 24.7 Å². The largest absolute Gasteiger partial charge is 0.383 e. The molecule has 0 saturated heterocycles. The third-order valence-electron chi connectivity index (χ3n) is 9.28. The van der Waals surface area contributed by atoms with Crippen LogP contribution in [-0.4, -0.2) is 66.9 Å². The molecular formula is C32H33N9O. The number of pyridine rings is 1. The van der Waals surface area contributed by atoms with Gasteiger partial charge in [-0.3, -0.25) is 14.8 Å². The Hall–Kier alpha value is -4.62. The normalized spacial score (nSPS) is 26.0. The summed E-state index contributed by atoms with van der Waals surface area (Å²) in [5.74, 6) is 3.91. The molecule has 2 saturated carbocycles. The van der Waals surface area contributed by atoms with E-state index in [1.54, 1.807) is 12.4 Å². The highest BCUT2D eigenvalue weighted by Gasteiger charge is 2.61. The van der Waals surface area contributed by atoms with Crippen molar-refractivity contribution in [2.45, 2.75) is 61.7 Å². The summed E-state index contributed by atoms with van der Waals surface area (Å²) in [7, 11) is 3.94. The first-order valence-corrected chi connectivity index (χ1v) is 14.3. The second-order valence-corrected chi connectivity index (χ2v) is 12.2. The molecule has 42 heavy (non-hydrogen) atoms. The zero-order chi connectivity index (χ0) is 29.1. The number of hydrogen-bond donors (Lipinski definition) is 2. The number of nitrogens with zero attached hydrogens (tertiary/aromatic N) is 7. The third kappa shape index (κ3) is 4.15. The lowest BCUT2D eigenvalue weighted by Gasteiger charge is -2.41. The van der Waals surface area contributed by atoms with Gasteiger partial charge in [-0.05, 0) is 63.9 Å². The maximum absolute atomic E-state index is 13.3. The van der Waals surface area contributed by atoms with Crippen molar-refractivity contribution in [2.24, 2.45) is 0 Å². The maximum Gasteiger partial charge on any atom is 0.271 e. The molecule has 1 amide bonds. The quantitative estimate of drug-likeness (QED) is 0.342. The topological polar surface area (TPSA) is 126 Å². The standard InChI is InChI=1S/C32H33N9O/c1-4-25-26(21-13-20-7-5-6-8-23(20)35-14-21)27-28(33)37-19-38-29(27)41(25)32-11-9-31(18-32,10-12-32)39-30(42)24-16-34-22(15-36-24)17-40(2)3/h1,5-8,13-16,19,25-26H,9-12,17-18H2,2-3H3,(H,39,42)(H2,33,37,38)/t25?,26-,31?,32?/m0/s1. The number of carbonyl (C=O) groups excluding carboxylic acids is 1. The molecule has 10 nitrogen and oxygen atoms in total. The van der Waals surface area contributed by atoms with Crippen LogP contribution in [0.5, 0.6) is 0 Å². The molecule has 1 aliphatic heterocycles. The molecule has 3 aromatic heterocycles. The number of rotatable bonds is 6. The Morgan fingerprint density at radius 2 is 1.90 bits per heavy atom. The van der Waals surface area contributed by atoms with Crippen LogP contribution in [0.15, 0.2) is 55.2 Å². The number of nitrogens with two attached hydrogens (primary N) is 1. The summed E-state index contributed by atoms with van der Waals surface area (Å²) >= 11 is 0. The fraction of sp³-hybridized carbons (Fsp3) is 0.375. The molecule has 1 aromatic carbocycles. The fourth-order valence-electron chi connectivity index (χ4n) is 7.48. The number of nitrogens with one attached hydrogen (secondary N) is 1. The van der Waals surface area contributed by atoms with E-state index in [1.807, 2.05) is 43.4 Å². The Bertz CT molecular complexity index is 1720. The van der Waals surface area contributed by atoms with E-state index in [1.165, 1.54) is 6.33 Å². The van der Waals surface area contributed by atoms with Gasteiger partial charge in [0.1, 0.15) is 29.7 Å². The highest BCUT2D eigenvalue weighted by Crippen LogP contribution is 2.59. The molecule has 3 aliphatic rings. The summed E-state index contributed by atoms with van der Waals surface area (Å²) in [5.41, 5.74) is 9.85. The second-order valence-electron chi connectivity index (χ2n) is 12.2. The predicted octanol–water partition coefficient (Wildman–Crippen LogP) is 3.30. The summed E-state index contributed by atoms with van der Waals surface area (Å²) in [6.45, 7) is 0.666. The minimum absolute atomic E-state index is 0.196. The van der Waals surface area contributed by atoms with Crippen molar-refractivity contribution < 1.29 is 4.79 Å². The Morgan fingerprint density at radius 1 is 1.10 bits per heavy atom. The highest BCUT2D eigenvalue weighted by molar-refractivity contribution is 5.92. The summed E-state index contributed by atoms with van der Waals surface area (Å²) in [4.78, 5) is 40.4. The molecule has 2 aliphatic carbocycles. The summed E-state index contributed by atoms with van der Waals surface area (Å²) < 4.78 is 0. The first kappa shape index (κ1) is 26.3. The van der Waals surface area contributed by atoms with Gasteiger partial charge in [-0.25, -0.2) is 15.0 Å². The monoisotopic (exact) mass is 559 g/mol. The maximum atomic E-state index is 13.3. The molecule has 2 fully saturated rings. The zero-order valence-electron chi connectivity index (χ0n) is 23.8. The van der Waals surface area contributed by atoms with Crippen molar-refractivity contribution >= 4 is 28.4 Å². The number of aromatic nitrogens is 5. The van der Waals surface area contributed by atoms with Crippen LogP contribution in [0, 0.1) is 12.3 Å². The van der Waals surface area contributed by atoms with Gasteiger partial charge < -0.3 is 20.9 Å². The number of nitrogen functional groups attached to an aromatic ring is 1. The Labute approximate surface area is 244 Å². The van der Waals surface area contributed by atoms with Crippen LogP contribution in [0.4, 0.5) is 11.6 Å². The van der Waals surface area contributed by atoms with E-state index >= 15 is 0 Å². The van der Waals surface area contributed by atoms with Crippen LogP contribution >= 0.6 is 0 Å². The van der Waals surface area contributed by atoms with Crippen molar-refractivity contribution in [1.82, 2.24) is 35.1 Å². The third-order valence-corrected chi connectivity index (χ3v) is 9.28. The van der Waals surface area contributed by atoms with Gasteiger partial charge >= 0.3 is 0 Å². The lowest BCUT2D eigenvalue weighted by atomic mass is 9.86. The van der Waals surface area contributed by atoms with Gasteiger partial charge in [0.05, 0.1) is 23.6 Å². The highest BCUT2D eigenvalue weighted by atomic mass is 16.2. The lowest BCUT2D eigenvalue weighted by Crippen LogP contribution is -2.50. The first-order valence-electron chi connectivity index (χ1n) is 14.3. The van der Waals surface area contributed by atoms with E-state index in [-0.39, 0.29) is 28.9 Å². The second kappa shape index (κ2) is 9.74. The van der Waals surface area contributed by atoms with Crippen molar-refractivity contribution in [3.8, 4) is 12.3 Å². The Morgan fingerprint density at radius 3 is 2.64 bits per heavy atom. The molecule has 10 heteroatoms. The van der Waals surface area contributed by atoms with Crippen LogP contribution in [0.1, 0.15) is 65.3 Å². The van der Waals surface area contributed by atoms with E-state index in [2.05, 4.69) is 43.2 Å². The van der Waals surface area contributed by atoms with Gasteiger partial charge in [0.2, 0.25) is 0 Å². The van der Waals surface area contributed by atoms with Crippen LogP contribution in [0.2, 0.25) is 0 Å². The van der Waals surface area contributed by atoms with Crippen LogP contribution in [-0.2, 0) is 6.54 Å². The molecule has 212 valence electrons. The average Bonchev–Trinajstić information content (AvgIpc) is 3.65. The predicted molar refractivity (Wildman–Crippen MR) is 161 cm³/mol. The molecule has 0 spiro atoms. The first-order chi connectivity index (χ1) is 20.3. The minimum Gasteiger partial charge on any atom is -0.383 e. The van der Waals surface area contributed by atoms with Gasteiger partial charge in [0.25, 0.3) is 5.91 Å². The van der Waals surface area contributed by atoms with Crippen molar-refractivity contribution in [3.63, 3.8) is 0 Å². The van der Waals surface area contributed by atoms with E-state index in [0.29, 0.717) is 18.1 Å². The fourth-order valence-corrected chi connectivity index (χ4v) is 7.48. The average molecular weight is 560 g/mol. The van der Waals surface area contributed by atoms with Crippen LogP contribution in [0.25, 0.3) is 10.9 Å². The summed E-state index contributed by atoms with van der Waals surface area (Å²) in [6, 6.07) is 9.87. The number of amides is 1.